The van der Waals surface area contributed by atoms with Gasteiger partial charge in [-0.25, -0.2) is 9.59 Å². The van der Waals surface area contributed by atoms with Crippen LogP contribution in [0.4, 0.5) is 0 Å². The van der Waals surface area contributed by atoms with Crippen molar-refractivity contribution in [1.29, 1.82) is 0 Å². The average molecular weight is 315 g/mol. The van der Waals surface area contributed by atoms with Gasteiger partial charge < -0.3 is 9.47 Å². The van der Waals surface area contributed by atoms with Crippen molar-refractivity contribution in [3.05, 3.63) is 46.7 Å². The Hall–Kier alpha value is -2.76. The molecule has 23 heavy (non-hydrogen) atoms. The third-order valence-corrected chi connectivity index (χ3v) is 3.35. The topological polar surface area (TPSA) is 82.0 Å². The number of Topliss-reactive ketones (excluding diaryl/α,β-unsaturated/α-hetero) is 1. The fraction of sp³-hybridized carbons (Fsp3) is 0.294. The first kappa shape index (κ1) is 16.6. The lowest BCUT2D eigenvalue weighted by molar-refractivity contribution is -0.139. The van der Waals surface area contributed by atoms with Gasteiger partial charge in [0.2, 0.25) is 5.78 Å². The Morgan fingerprint density at radius 3 is 2.61 bits per heavy atom. The summed E-state index contributed by atoms with van der Waals surface area (Å²) in [4.78, 5) is 39.9. The Balaban J connectivity index is 2.17. The molecule has 6 nitrogen and oxygen atoms in total. The van der Waals surface area contributed by atoms with Crippen molar-refractivity contribution in [2.75, 3.05) is 13.7 Å². The summed E-state index contributed by atoms with van der Waals surface area (Å²) in [5, 5.41) is 0. The number of hydrogen-bond acceptors (Lipinski definition) is 6. The number of carbonyl (C=O) groups excluding carboxylic acids is 3. The lowest BCUT2D eigenvalue weighted by atomic mass is 10.0. The van der Waals surface area contributed by atoms with Crippen molar-refractivity contribution in [2.45, 2.75) is 20.3 Å². The van der Waals surface area contributed by atoms with Crippen LogP contribution in [0, 0.1) is 0 Å². The van der Waals surface area contributed by atoms with Crippen LogP contribution in [-0.2, 0) is 25.5 Å². The third-order valence-electron chi connectivity index (χ3n) is 3.35. The number of ketones is 1. The number of aliphatic imine (C=N–C) groups is 1. The number of carbonyl (C=O) groups is 3. The molecule has 0 saturated heterocycles. The highest BCUT2D eigenvalue weighted by Crippen LogP contribution is 2.20. The molecule has 0 atom stereocenters. The molecule has 6 heteroatoms. The second-order valence-corrected chi connectivity index (χ2v) is 4.94. The number of hydrogen-bond donors (Lipinski definition) is 0. The van der Waals surface area contributed by atoms with Crippen LogP contribution in [-0.4, -0.2) is 37.2 Å². The van der Waals surface area contributed by atoms with Gasteiger partial charge in [0.1, 0.15) is 5.57 Å². The minimum absolute atomic E-state index is 0.0222. The van der Waals surface area contributed by atoms with Crippen LogP contribution in [0.25, 0.3) is 0 Å². The van der Waals surface area contributed by atoms with E-state index in [1.807, 2.05) is 0 Å². The van der Waals surface area contributed by atoms with E-state index in [1.165, 1.54) is 7.11 Å². The van der Waals surface area contributed by atoms with E-state index in [0.717, 1.165) is 5.56 Å². The van der Waals surface area contributed by atoms with Crippen molar-refractivity contribution in [2.24, 2.45) is 4.99 Å². The van der Waals surface area contributed by atoms with Crippen LogP contribution in [0.5, 0.6) is 0 Å². The second kappa shape index (κ2) is 7.00. The van der Waals surface area contributed by atoms with Crippen molar-refractivity contribution < 1.29 is 23.9 Å². The van der Waals surface area contributed by atoms with Gasteiger partial charge in [0.25, 0.3) is 0 Å². The summed E-state index contributed by atoms with van der Waals surface area (Å²) in [5.74, 6) is -1.53. The van der Waals surface area contributed by atoms with Gasteiger partial charge in [-0.1, -0.05) is 12.1 Å². The van der Waals surface area contributed by atoms with E-state index < -0.39 is 17.7 Å². The van der Waals surface area contributed by atoms with Crippen LogP contribution >= 0.6 is 0 Å². The van der Waals surface area contributed by atoms with Gasteiger partial charge in [-0.2, -0.15) is 0 Å². The van der Waals surface area contributed by atoms with E-state index in [4.69, 9.17) is 4.74 Å². The van der Waals surface area contributed by atoms with Crippen LogP contribution in [0.15, 0.2) is 40.5 Å². The molecule has 1 aromatic carbocycles. The van der Waals surface area contributed by atoms with Crippen molar-refractivity contribution in [3.8, 4) is 0 Å². The van der Waals surface area contributed by atoms with E-state index in [1.54, 1.807) is 38.1 Å². The molecule has 0 amide bonds. The predicted molar refractivity (Wildman–Crippen MR) is 83.3 cm³/mol. The quantitative estimate of drug-likeness (QED) is 0.612. The fourth-order valence-corrected chi connectivity index (χ4v) is 2.30. The van der Waals surface area contributed by atoms with Gasteiger partial charge in [-0.05, 0) is 31.5 Å². The van der Waals surface area contributed by atoms with Gasteiger partial charge in [0, 0.05) is 6.42 Å². The van der Waals surface area contributed by atoms with E-state index >= 15 is 0 Å². The summed E-state index contributed by atoms with van der Waals surface area (Å²) in [6, 6.07) is 6.74. The maximum Gasteiger partial charge on any atom is 0.344 e. The highest BCUT2D eigenvalue weighted by atomic mass is 16.5. The Bertz CT molecular complexity index is 730. The number of allylic oxidation sites excluding steroid dienone is 1. The maximum atomic E-state index is 12.3. The predicted octanol–water partition coefficient (Wildman–Crippen LogP) is 1.88. The molecule has 1 aliphatic rings. The van der Waals surface area contributed by atoms with E-state index in [-0.39, 0.29) is 24.3 Å². The van der Waals surface area contributed by atoms with Gasteiger partial charge in [0.15, 0.2) is 0 Å². The minimum Gasteiger partial charge on any atom is -0.465 e. The second-order valence-electron chi connectivity index (χ2n) is 4.94. The zero-order valence-corrected chi connectivity index (χ0v) is 13.2. The molecule has 2 rings (SSSR count). The summed E-state index contributed by atoms with van der Waals surface area (Å²) in [6.07, 6.45) is 0.226. The van der Waals surface area contributed by atoms with Crippen molar-refractivity contribution >= 4 is 23.4 Å². The number of nitrogens with zero attached hydrogens (tertiary/aromatic N) is 1. The standard InChI is InChI=1S/C17H17NO5/c1-4-23-17(21)14-10(2)18-13(15(14)19)9-11-6-5-7-12(8-11)16(20)22-3/h5-8H,4,9H2,1-3H3. The molecule has 0 aromatic heterocycles. The lowest BCUT2D eigenvalue weighted by Gasteiger charge is -2.05. The zero-order valence-electron chi connectivity index (χ0n) is 13.2. The van der Waals surface area contributed by atoms with Crippen LogP contribution in [0.2, 0.25) is 0 Å². The summed E-state index contributed by atoms with van der Waals surface area (Å²) in [6.45, 7) is 3.47. The Morgan fingerprint density at radius 1 is 1.22 bits per heavy atom. The largest absolute Gasteiger partial charge is 0.465 e. The molecule has 0 N–H and O–H groups in total. The molecule has 0 unspecified atom stereocenters. The first-order valence-corrected chi connectivity index (χ1v) is 7.15. The monoisotopic (exact) mass is 315 g/mol. The molecule has 0 aliphatic carbocycles. The Kier molecular flexibility index (Phi) is 5.05. The van der Waals surface area contributed by atoms with Crippen LogP contribution in [0.3, 0.4) is 0 Å². The molecular formula is C17H17NO5. The van der Waals surface area contributed by atoms with Gasteiger partial charge >= 0.3 is 11.9 Å². The first-order valence-electron chi connectivity index (χ1n) is 7.15. The van der Waals surface area contributed by atoms with E-state index in [9.17, 15) is 14.4 Å². The minimum atomic E-state index is -0.655. The molecular weight excluding hydrogens is 298 g/mol. The Morgan fingerprint density at radius 2 is 1.96 bits per heavy atom. The smallest absolute Gasteiger partial charge is 0.344 e. The van der Waals surface area contributed by atoms with Crippen molar-refractivity contribution in [1.82, 2.24) is 0 Å². The van der Waals surface area contributed by atoms with Crippen molar-refractivity contribution in [3.63, 3.8) is 0 Å². The maximum absolute atomic E-state index is 12.3. The Labute approximate surface area is 133 Å². The highest BCUT2D eigenvalue weighted by Gasteiger charge is 2.31. The third kappa shape index (κ3) is 3.53. The summed E-state index contributed by atoms with van der Waals surface area (Å²) in [7, 11) is 1.30. The SMILES string of the molecule is CCOC(=O)C1=C(C)N=C(Cc2cccc(C(=O)OC)c2)C1=O. The number of methoxy groups -OCH3 is 1. The lowest BCUT2D eigenvalue weighted by Crippen LogP contribution is -2.21. The average Bonchev–Trinajstić information content (AvgIpc) is 2.81. The van der Waals surface area contributed by atoms with Gasteiger partial charge in [0.05, 0.1) is 30.7 Å². The van der Waals surface area contributed by atoms with E-state index in [0.29, 0.717) is 11.3 Å². The summed E-state index contributed by atoms with van der Waals surface area (Å²) in [5.41, 5.74) is 1.72. The first-order chi connectivity index (χ1) is 11.0. The van der Waals surface area contributed by atoms with E-state index in [2.05, 4.69) is 9.73 Å². The van der Waals surface area contributed by atoms with Gasteiger partial charge in [-0.3, -0.25) is 9.79 Å². The normalized spacial score (nSPS) is 13.9. The summed E-state index contributed by atoms with van der Waals surface area (Å²) < 4.78 is 9.55. The number of esters is 2. The molecule has 0 spiro atoms. The highest BCUT2D eigenvalue weighted by molar-refractivity contribution is 6.53. The molecule has 120 valence electrons. The molecule has 0 radical (unpaired) electrons. The molecule has 1 aromatic rings. The van der Waals surface area contributed by atoms with Crippen LogP contribution < -0.4 is 0 Å². The van der Waals surface area contributed by atoms with Gasteiger partial charge in [-0.15, -0.1) is 0 Å². The number of rotatable bonds is 5. The molecule has 1 aliphatic heterocycles. The van der Waals surface area contributed by atoms with Crippen LogP contribution in [0.1, 0.15) is 29.8 Å². The number of ether oxygens (including phenoxy) is 2. The molecule has 0 fully saturated rings. The summed E-state index contributed by atoms with van der Waals surface area (Å²) >= 11 is 0. The molecule has 1 heterocycles. The fourth-order valence-electron chi connectivity index (χ4n) is 2.30. The number of benzene rings is 1. The molecule has 0 bridgehead atoms. The molecule has 0 saturated carbocycles. The zero-order chi connectivity index (χ0) is 17.0.